The van der Waals surface area contributed by atoms with Crippen LogP contribution in [-0.2, 0) is 4.74 Å². The van der Waals surface area contributed by atoms with Crippen LogP contribution >= 0.6 is 11.6 Å². The lowest BCUT2D eigenvalue weighted by molar-refractivity contribution is 0.0602. The van der Waals surface area contributed by atoms with E-state index in [1.54, 1.807) is 18.2 Å². The summed E-state index contributed by atoms with van der Waals surface area (Å²) in [6, 6.07) is 19.4. The largest absolute Gasteiger partial charge is 0.494 e. The van der Waals surface area contributed by atoms with Crippen molar-refractivity contribution < 1.29 is 14.3 Å². The summed E-state index contributed by atoms with van der Waals surface area (Å²) in [6.07, 6.45) is 0.763. The van der Waals surface area contributed by atoms with Gasteiger partial charge in [0.25, 0.3) is 0 Å². The fourth-order valence-corrected chi connectivity index (χ4v) is 2.96. The summed E-state index contributed by atoms with van der Waals surface area (Å²) >= 11 is 6.19. The van der Waals surface area contributed by atoms with Gasteiger partial charge < -0.3 is 14.8 Å². The molecule has 0 aliphatic heterocycles. The molecule has 26 heavy (non-hydrogen) atoms. The first-order chi connectivity index (χ1) is 12.7. The van der Waals surface area contributed by atoms with Crippen molar-refractivity contribution in [1.82, 2.24) is 0 Å². The number of halogens is 1. The number of hydrogen-bond donors (Lipinski definition) is 1. The lowest BCUT2D eigenvalue weighted by Crippen LogP contribution is -2.12. The Morgan fingerprint density at radius 1 is 1.04 bits per heavy atom. The van der Waals surface area contributed by atoms with Gasteiger partial charge in [-0.05, 0) is 41.5 Å². The minimum absolute atomic E-state index is 0.414. The van der Waals surface area contributed by atoms with Crippen LogP contribution in [0.3, 0.4) is 0 Å². The normalized spacial score (nSPS) is 10.5. The topological polar surface area (TPSA) is 47.6 Å². The Balaban J connectivity index is 1.53. The number of rotatable bonds is 7. The summed E-state index contributed by atoms with van der Waals surface area (Å²) < 4.78 is 10.6. The van der Waals surface area contributed by atoms with Crippen LogP contribution in [0.5, 0.6) is 5.75 Å². The molecule has 0 fully saturated rings. The van der Waals surface area contributed by atoms with Crippen LogP contribution in [0.1, 0.15) is 16.8 Å². The maximum atomic E-state index is 11.8. The second kappa shape index (κ2) is 8.59. The molecule has 0 heterocycles. The molecule has 0 aromatic heterocycles. The lowest BCUT2D eigenvalue weighted by Gasteiger charge is -2.13. The molecule has 4 nitrogen and oxygen atoms in total. The van der Waals surface area contributed by atoms with Crippen LogP contribution < -0.4 is 10.1 Å². The van der Waals surface area contributed by atoms with Gasteiger partial charge in [0.1, 0.15) is 5.75 Å². The highest BCUT2D eigenvalue weighted by atomic mass is 35.5. The highest BCUT2D eigenvalue weighted by molar-refractivity contribution is 6.34. The number of benzene rings is 3. The van der Waals surface area contributed by atoms with E-state index >= 15 is 0 Å². The van der Waals surface area contributed by atoms with Crippen molar-refractivity contribution in [3.05, 3.63) is 71.2 Å². The summed E-state index contributed by atoms with van der Waals surface area (Å²) in [4.78, 5) is 11.8. The molecule has 0 saturated carbocycles. The highest BCUT2D eigenvalue weighted by Gasteiger charge is 2.14. The Bertz CT molecular complexity index is 911. The van der Waals surface area contributed by atoms with Gasteiger partial charge in [0.2, 0.25) is 0 Å². The molecule has 5 heteroatoms. The number of carbonyl (C=O) groups is 1. The average Bonchev–Trinajstić information content (AvgIpc) is 2.68. The fraction of sp³-hybridized carbons (Fsp3) is 0.190. The van der Waals surface area contributed by atoms with E-state index in [1.165, 1.54) is 12.5 Å². The number of fused-ring (bicyclic) bond motifs is 1. The molecule has 0 amide bonds. The van der Waals surface area contributed by atoms with Crippen molar-refractivity contribution in [2.24, 2.45) is 0 Å². The van der Waals surface area contributed by atoms with Crippen LogP contribution in [0.2, 0.25) is 5.02 Å². The molecule has 0 radical (unpaired) electrons. The third-order valence-electron chi connectivity index (χ3n) is 4.03. The molecule has 0 saturated heterocycles. The molecule has 0 spiro atoms. The minimum atomic E-state index is -0.414. The summed E-state index contributed by atoms with van der Waals surface area (Å²) in [5.41, 5.74) is 1.02. The van der Waals surface area contributed by atoms with Crippen LogP contribution in [0.4, 0.5) is 5.69 Å². The Hall–Kier alpha value is -2.72. The summed E-state index contributed by atoms with van der Waals surface area (Å²) in [7, 11) is 1.35. The number of anilines is 1. The number of methoxy groups -OCH3 is 1. The molecule has 0 aliphatic carbocycles. The molecule has 0 unspecified atom stereocenters. The third kappa shape index (κ3) is 4.27. The summed E-state index contributed by atoms with van der Waals surface area (Å²) in [5, 5.41) is 6.03. The predicted octanol–water partition coefficient (Wildman–Crippen LogP) is 5.16. The van der Waals surface area contributed by atoms with Gasteiger partial charge in [-0.1, -0.05) is 48.0 Å². The number of hydrogen-bond acceptors (Lipinski definition) is 4. The van der Waals surface area contributed by atoms with Gasteiger partial charge >= 0.3 is 5.97 Å². The van der Waals surface area contributed by atoms with E-state index in [0.29, 0.717) is 29.4 Å². The Kier molecular flexibility index (Phi) is 5.97. The standard InChI is InChI=1S/C21H20ClNO3/c1-25-21(24)18-8-4-9-19(22)20(18)23-12-5-13-26-17-11-10-15-6-2-3-7-16(15)14-17/h2-4,6-11,14,23H,5,12-13H2,1H3. The van der Waals surface area contributed by atoms with E-state index < -0.39 is 5.97 Å². The first-order valence-electron chi connectivity index (χ1n) is 8.41. The second-order valence-corrected chi connectivity index (χ2v) is 6.20. The van der Waals surface area contributed by atoms with Gasteiger partial charge in [-0.3, -0.25) is 0 Å². The van der Waals surface area contributed by atoms with Crippen molar-refractivity contribution in [1.29, 1.82) is 0 Å². The molecule has 3 aromatic carbocycles. The molecule has 0 bridgehead atoms. The number of carbonyl (C=O) groups excluding carboxylic acids is 1. The first kappa shape index (κ1) is 18.1. The number of para-hydroxylation sites is 1. The molecule has 3 rings (SSSR count). The zero-order valence-electron chi connectivity index (χ0n) is 14.5. The zero-order chi connectivity index (χ0) is 18.4. The lowest BCUT2D eigenvalue weighted by atomic mass is 10.1. The zero-order valence-corrected chi connectivity index (χ0v) is 15.3. The van der Waals surface area contributed by atoms with Gasteiger partial charge in [0.15, 0.2) is 0 Å². The number of nitrogens with one attached hydrogen (secondary N) is 1. The van der Waals surface area contributed by atoms with Crippen LogP contribution in [0.25, 0.3) is 10.8 Å². The van der Waals surface area contributed by atoms with E-state index in [1.807, 2.05) is 24.3 Å². The average molecular weight is 370 g/mol. The Morgan fingerprint density at radius 2 is 1.85 bits per heavy atom. The van der Waals surface area contributed by atoms with Crippen molar-refractivity contribution in [2.75, 3.05) is 25.6 Å². The molecule has 1 N–H and O–H groups in total. The van der Waals surface area contributed by atoms with Crippen LogP contribution in [-0.4, -0.2) is 26.2 Å². The fourth-order valence-electron chi connectivity index (χ4n) is 2.72. The molecule has 0 aliphatic rings. The van der Waals surface area contributed by atoms with Gasteiger partial charge in [0.05, 0.1) is 30.0 Å². The predicted molar refractivity (Wildman–Crippen MR) is 105 cm³/mol. The van der Waals surface area contributed by atoms with E-state index in [4.69, 9.17) is 21.1 Å². The Labute approximate surface area is 157 Å². The van der Waals surface area contributed by atoms with Crippen molar-refractivity contribution >= 4 is 34.0 Å². The molecule has 3 aromatic rings. The minimum Gasteiger partial charge on any atom is -0.494 e. The van der Waals surface area contributed by atoms with Gasteiger partial charge in [-0.25, -0.2) is 4.79 Å². The molecule has 134 valence electrons. The first-order valence-corrected chi connectivity index (χ1v) is 8.79. The molecular formula is C21H20ClNO3. The maximum absolute atomic E-state index is 11.8. The highest BCUT2D eigenvalue weighted by Crippen LogP contribution is 2.26. The molecular weight excluding hydrogens is 350 g/mol. The summed E-state index contributed by atoms with van der Waals surface area (Å²) in [5.74, 6) is 0.430. The second-order valence-electron chi connectivity index (χ2n) is 5.79. The van der Waals surface area contributed by atoms with E-state index in [0.717, 1.165) is 17.6 Å². The van der Waals surface area contributed by atoms with Crippen molar-refractivity contribution in [2.45, 2.75) is 6.42 Å². The number of esters is 1. The van der Waals surface area contributed by atoms with Gasteiger partial charge in [0, 0.05) is 6.54 Å². The monoisotopic (exact) mass is 369 g/mol. The van der Waals surface area contributed by atoms with E-state index in [2.05, 4.69) is 23.5 Å². The smallest absolute Gasteiger partial charge is 0.340 e. The maximum Gasteiger partial charge on any atom is 0.340 e. The third-order valence-corrected chi connectivity index (χ3v) is 4.35. The van der Waals surface area contributed by atoms with Crippen molar-refractivity contribution in [3.63, 3.8) is 0 Å². The SMILES string of the molecule is COC(=O)c1cccc(Cl)c1NCCCOc1ccc2ccccc2c1. The van der Waals surface area contributed by atoms with Gasteiger partial charge in [-0.2, -0.15) is 0 Å². The molecule has 0 atom stereocenters. The van der Waals surface area contributed by atoms with Crippen LogP contribution in [0, 0.1) is 0 Å². The van der Waals surface area contributed by atoms with Crippen LogP contribution in [0.15, 0.2) is 60.7 Å². The van der Waals surface area contributed by atoms with Gasteiger partial charge in [-0.15, -0.1) is 0 Å². The Morgan fingerprint density at radius 3 is 2.65 bits per heavy atom. The summed E-state index contributed by atoms with van der Waals surface area (Å²) in [6.45, 7) is 1.19. The van der Waals surface area contributed by atoms with Crippen molar-refractivity contribution in [3.8, 4) is 5.75 Å². The number of ether oxygens (including phenoxy) is 2. The quantitative estimate of drug-likeness (QED) is 0.461. The van der Waals surface area contributed by atoms with E-state index in [9.17, 15) is 4.79 Å². The van der Waals surface area contributed by atoms with E-state index in [-0.39, 0.29) is 0 Å².